The number of alkyl halides is 30. The summed E-state index contributed by atoms with van der Waals surface area (Å²) in [5.74, 6) is -57.1. The molecule has 4 aliphatic carbocycles. The molecular weight excluding hydrogens is 920 g/mol. The monoisotopic (exact) mass is 920 g/mol. The van der Waals surface area contributed by atoms with E-state index in [2.05, 4.69) is 0 Å². The Morgan fingerprint density at radius 3 is 0.643 bits per heavy atom. The molecule has 0 aromatic heterocycles. The van der Waals surface area contributed by atoms with E-state index in [1.807, 2.05) is 0 Å². The van der Waals surface area contributed by atoms with Crippen molar-refractivity contribution in [2.75, 3.05) is 0 Å². The lowest BCUT2D eigenvalue weighted by Crippen LogP contribution is -3.11. The first-order valence-electron chi connectivity index (χ1n) is 12.0. The van der Waals surface area contributed by atoms with Gasteiger partial charge < -0.3 is 0 Å². The quantitative estimate of drug-likeness (QED) is 0.162. The molecule has 4 aliphatic rings. The fraction of sp³-hybridized carbons (Fsp3) is 1.00. The molecule has 332 valence electrons. The minimum Gasteiger partial charge on any atom is -0.287 e. The van der Waals surface area contributed by atoms with Crippen LogP contribution in [-0.2, 0) is 28.8 Å². The van der Waals surface area contributed by atoms with Gasteiger partial charge >= 0.3 is 95.7 Å². The van der Waals surface area contributed by atoms with Crippen LogP contribution in [-0.4, -0.2) is 107 Å². The van der Waals surface area contributed by atoms with Gasteiger partial charge in [0.15, 0.2) is 0 Å². The Labute approximate surface area is 278 Å². The molecule has 6 nitrogen and oxygen atoms in total. The van der Waals surface area contributed by atoms with Crippen molar-refractivity contribution >= 4 is 0 Å². The molecule has 38 heteroatoms. The fourth-order valence-corrected chi connectivity index (χ4v) is 5.36. The largest absolute Gasteiger partial charge is 0.478 e. The fourth-order valence-electron chi connectivity index (χ4n) is 5.36. The Kier molecular flexibility index (Phi) is 9.59. The van der Waals surface area contributed by atoms with Crippen molar-refractivity contribution in [3.05, 3.63) is 0 Å². The first-order chi connectivity index (χ1) is 23.9. The van der Waals surface area contributed by atoms with E-state index < -0.39 is 107 Å². The maximum Gasteiger partial charge on any atom is 0.478 e. The van der Waals surface area contributed by atoms with E-state index in [0.29, 0.717) is 0 Å². The Balaban J connectivity index is 2.58. The topological polar surface area (TPSA) is 55.4 Å². The molecular formula is C18F32O6. The maximum atomic E-state index is 15.7. The average Bonchev–Trinajstić information content (AvgIpc) is 2.97. The highest BCUT2D eigenvalue weighted by molar-refractivity contribution is 5.54. The molecule has 0 N–H and O–H groups in total. The molecule has 56 heavy (non-hydrogen) atoms. The molecule has 0 amide bonds. The highest BCUT2D eigenvalue weighted by Crippen LogP contribution is 2.89. The van der Waals surface area contributed by atoms with Crippen LogP contribution >= 0.6 is 0 Å². The molecule has 0 spiro atoms. The van der Waals surface area contributed by atoms with Gasteiger partial charge in [0.1, 0.15) is 0 Å². The summed E-state index contributed by atoms with van der Waals surface area (Å²) in [7, 11) is 0. The minimum atomic E-state index is -9.82. The lowest BCUT2D eigenvalue weighted by Gasteiger charge is -2.76. The van der Waals surface area contributed by atoms with Gasteiger partial charge in [-0.15, -0.1) is 9.88 Å². The van der Waals surface area contributed by atoms with Crippen LogP contribution in [0.3, 0.4) is 0 Å². The lowest BCUT2D eigenvalue weighted by molar-refractivity contribution is -0.664. The third-order valence-corrected chi connectivity index (χ3v) is 7.87. The molecule has 0 unspecified atom stereocenters. The van der Waals surface area contributed by atoms with Crippen molar-refractivity contribution in [3.63, 3.8) is 0 Å². The van der Waals surface area contributed by atoms with Gasteiger partial charge in [-0.3, -0.25) is 9.47 Å². The molecule has 0 aromatic carbocycles. The van der Waals surface area contributed by atoms with E-state index in [1.165, 1.54) is 9.47 Å². The molecule has 0 heterocycles. The Morgan fingerprint density at radius 2 is 0.446 bits per heavy atom. The van der Waals surface area contributed by atoms with Crippen molar-refractivity contribution in [1.29, 1.82) is 0 Å². The highest BCUT2D eigenvalue weighted by Gasteiger charge is 3.24. The van der Waals surface area contributed by atoms with Crippen LogP contribution < -0.4 is 0 Å². The first kappa shape index (κ1) is 47.9. The summed E-state index contributed by atoms with van der Waals surface area (Å²) in [6.45, 7) is 0. The van der Waals surface area contributed by atoms with Crippen molar-refractivity contribution < 1.29 is 170 Å². The normalized spacial score (nSPS) is 33.9. The summed E-state index contributed by atoms with van der Waals surface area (Å²) in [5, 5.41) is 0. The van der Waals surface area contributed by atoms with Gasteiger partial charge in [0.05, 0.1) is 0 Å². The smallest absolute Gasteiger partial charge is 0.287 e. The standard InChI is InChI=1S/C18F32O6/c19-1-5(21,22)2(20)8(27,28)3(6(1,23)24,51-11(33,34)13(37,38)53-15(41,42)17(45,46)55-49)10(31,32)4(7(1,25)26,9(2,29)30)52-12(35,36)14(39,40)54-16(43,44)18(47,48)56-50. The molecule has 4 bridgehead atoms. The van der Waals surface area contributed by atoms with Crippen LogP contribution in [0.2, 0.25) is 0 Å². The van der Waals surface area contributed by atoms with Gasteiger partial charge in [-0.1, -0.05) is 0 Å². The van der Waals surface area contributed by atoms with E-state index in [9.17, 15) is 88.1 Å². The van der Waals surface area contributed by atoms with Crippen LogP contribution in [0, 0.1) is 0 Å². The predicted octanol–water partition coefficient (Wildman–Crippen LogP) is 9.34. The number of ether oxygens (including phenoxy) is 4. The molecule has 0 radical (unpaired) electrons. The third-order valence-electron chi connectivity index (χ3n) is 7.87. The molecule has 4 fully saturated rings. The predicted molar refractivity (Wildman–Crippen MR) is 91.1 cm³/mol. The van der Waals surface area contributed by atoms with Crippen LogP contribution in [0.5, 0.6) is 0 Å². The zero-order valence-electron chi connectivity index (χ0n) is 23.5. The second-order valence-electron chi connectivity index (χ2n) is 10.8. The van der Waals surface area contributed by atoms with Crippen LogP contribution in [0.25, 0.3) is 0 Å². The second-order valence-corrected chi connectivity index (χ2v) is 10.8. The van der Waals surface area contributed by atoms with E-state index in [1.54, 1.807) is 0 Å². The van der Waals surface area contributed by atoms with E-state index in [4.69, 9.17) is 0 Å². The molecule has 0 aromatic rings. The first-order valence-corrected chi connectivity index (χ1v) is 12.0. The summed E-state index contributed by atoms with van der Waals surface area (Å²) in [5.41, 5.74) is -38.0. The molecule has 4 saturated carbocycles. The van der Waals surface area contributed by atoms with Crippen molar-refractivity contribution in [1.82, 2.24) is 0 Å². The van der Waals surface area contributed by atoms with Gasteiger partial charge in [0.25, 0.3) is 11.2 Å². The number of rotatable bonds is 14. The summed E-state index contributed by atoms with van der Waals surface area (Å²) in [6, 6.07) is 0. The Bertz CT molecular complexity index is 1430. The van der Waals surface area contributed by atoms with Gasteiger partial charge in [0.2, 0.25) is 0 Å². The van der Waals surface area contributed by atoms with Crippen LogP contribution in [0.1, 0.15) is 0 Å². The maximum absolute atomic E-state index is 15.7. The summed E-state index contributed by atoms with van der Waals surface area (Å²) in [6.07, 6.45) is -66.5. The van der Waals surface area contributed by atoms with Crippen molar-refractivity contribution in [2.24, 2.45) is 0 Å². The van der Waals surface area contributed by atoms with Crippen LogP contribution in [0.15, 0.2) is 0 Å². The zero-order chi connectivity index (χ0) is 45.2. The molecule has 0 aliphatic heterocycles. The van der Waals surface area contributed by atoms with Gasteiger partial charge in [-0.05, 0) is 9.05 Å². The zero-order valence-corrected chi connectivity index (χ0v) is 23.5. The summed E-state index contributed by atoms with van der Waals surface area (Å²) < 4.78 is 459. The van der Waals surface area contributed by atoms with E-state index >= 15 is 52.7 Å². The van der Waals surface area contributed by atoms with Crippen molar-refractivity contribution in [2.45, 2.75) is 107 Å². The molecule has 4 rings (SSSR count). The number of hydrogen-bond acceptors (Lipinski definition) is 6. The van der Waals surface area contributed by atoms with Gasteiger partial charge in [0, 0.05) is 0 Å². The van der Waals surface area contributed by atoms with Gasteiger partial charge in [-0.25, -0.2) is 18.3 Å². The van der Waals surface area contributed by atoms with Crippen LogP contribution in [0.4, 0.5) is 141 Å². The van der Waals surface area contributed by atoms with Crippen molar-refractivity contribution in [3.8, 4) is 0 Å². The third kappa shape index (κ3) is 4.47. The molecule has 0 atom stereocenters. The minimum absolute atomic E-state index is 0.922. The van der Waals surface area contributed by atoms with E-state index in [0.717, 1.165) is 19.4 Å². The number of halogens is 32. The average molecular weight is 920 g/mol. The summed E-state index contributed by atoms with van der Waals surface area (Å²) >= 11 is 0. The summed E-state index contributed by atoms with van der Waals surface area (Å²) in [4.78, 5) is 1.84. The highest BCUT2D eigenvalue weighted by atomic mass is 19.4. The number of hydrogen-bond donors (Lipinski definition) is 0. The Morgan fingerprint density at radius 1 is 0.250 bits per heavy atom. The second kappa shape index (κ2) is 11.2. The SMILES string of the molecule is FOC(F)(F)C(F)(F)OC(F)(F)C(F)(F)OC12C(F)(F)C3(F)C(F)(F)C(F)(C1(F)F)C(F)(F)C(OC(F)(F)C(F)(F)OC(F)(F)C(F)(F)OF)(C3(F)F)C2(F)F. The lowest BCUT2D eigenvalue weighted by atomic mass is 9.39. The molecule has 0 saturated heterocycles. The van der Waals surface area contributed by atoms with Gasteiger partial charge in [-0.2, -0.15) is 123 Å². The van der Waals surface area contributed by atoms with E-state index in [-0.39, 0.29) is 0 Å². The Hall–Kier alpha value is -2.48.